The van der Waals surface area contributed by atoms with Crippen LogP contribution in [-0.2, 0) is 10.4 Å². The molecule has 0 aromatic carbocycles. The Hall–Kier alpha value is -1.88. The lowest BCUT2D eigenvalue weighted by atomic mass is 9.79. The molecule has 5 heteroatoms. The van der Waals surface area contributed by atoms with E-state index in [2.05, 4.69) is 31.2 Å². The van der Waals surface area contributed by atoms with Crippen molar-refractivity contribution in [1.29, 1.82) is 0 Å². The zero-order valence-electron chi connectivity index (χ0n) is 15.9. The molecule has 3 rings (SSSR count). The van der Waals surface area contributed by atoms with E-state index in [0.29, 0.717) is 18.2 Å². The van der Waals surface area contributed by atoms with Crippen LogP contribution in [0.3, 0.4) is 0 Å². The molecule has 136 valence electrons. The predicted molar refractivity (Wildman–Crippen MR) is 99.7 cm³/mol. The number of aliphatic hydroxyl groups is 1. The van der Waals surface area contributed by atoms with Gasteiger partial charge in [0.2, 0.25) is 5.91 Å². The van der Waals surface area contributed by atoms with Gasteiger partial charge in [-0.1, -0.05) is 27.2 Å². The Labute approximate surface area is 149 Å². The largest absolute Gasteiger partial charge is 0.386 e. The van der Waals surface area contributed by atoms with Gasteiger partial charge in [-0.3, -0.25) is 4.79 Å². The van der Waals surface area contributed by atoms with Crippen LogP contribution in [0.5, 0.6) is 0 Å². The number of nitrogens with zero attached hydrogens (tertiary/aromatic N) is 2. The first-order chi connectivity index (χ1) is 11.5. The Balaban J connectivity index is 2.01. The normalized spacial score (nSPS) is 16.1. The Kier molecular flexibility index (Phi) is 4.40. The molecule has 0 aliphatic heterocycles. The van der Waals surface area contributed by atoms with E-state index in [9.17, 15) is 9.90 Å². The number of carbonyl (C=O) groups is 1. The summed E-state index contributed by atoms with van der Waals surface area (Å²) in [7, 11) is 0. The highest BCUT2D eigenvalue weighted by molar-refractivity contribution is 5.92. The molecule has 1 saturated carbocycles. The maximum absolute atomic E-state index is 12.4. The lowest BCUT2D eigenvalue weighted by molar-refractivity contribution is -0.117. The molecule has 0 bridgehead atoms. The van der Waals surface area contributed by atoms with Crippen molar-refractivity contribution in [2.75, 3.05) is 5.32 Å². The molecule has 1 amide bonds. The lowest BCUT2D eigenvalue weighted by Gasteiger charge is -2.26. The minimum absolute atomic E-state index is 0.000749. The lowest BCUT2D eigenvalue weighted by Crippen LogP contribution is -2.21. The number of carbonyl (C=O) groups excluding carboxylic acids is 1. The van der Waals surface area contributed by atoms with Gasteiger partial charge in [-0.05, 0) is 55.7 Å². The summed E-state index contributed by atoms with van der Waals surface area (Å²) >= 11 is 0. The smallest absolute Gasteiger partial charge is 0.226 e. The summed E-state index contributed by atoms with van der Waals surface area (Å²) in [6.07, 6.45) is 5.78. The molecular formula is C20H29N3O2. The van der Waals surface area contributed by atoms with Crippen molar-refractivity contribution in [1.82, 2.24) is 9.61 Å². The molecule has 5 nitrogen and oxygen atoms in total. The molecular weight excluding hydrogens is 314 g/mol. The third-order valence-corrected chi connectivity index (χ3v) is 4.84. The van der Waals surface area contributed by atoms with Crippen molar-refractivity contribution in [3.8, 4) is 0 Å². The van der Waals surface area contributed by atoms with Crippen molar-refractivity contribution >= 4 is 17.2 Å². The molecule has 0 unspecified atom stereocenters. The summed E-state index contributed by atoms with van der Waals surface area (Å²) < 4.78 is 1.82. The molecule has 1 fully saturated rings. The van der Waals surface area contributed by atoms with Gasteiger partial charge in [0.05, 0.1) is 11.1 Å². The predicted octanol–water partition coefficient (Wildman–Crippen LogP) is 4.20. The molecule has 2 aromatic rings. The van der Waals surface area contributed by atoms with E-state index in [1.807, 2.05) is 22.8 Å². The van der Waals surface area contributed by atoms with Gasteiger partial charge in [-0.2, -0.15) is 0 Å². The number of amides is 1. The highest BCUT2D eigenvalue weighted by Gasteiger charge is 2.29. The first-order valence-corrected chi connectivity index (χ1v) is 9.09. The zero-order valence-corrected chi connectivity index (χ0v) is 15.9. The highest BCUT2D eigenvalue weighted by Crippen LogP contribution is 2.42. The summed E-state index contributed by atoms with van der Waals surface area (Å²) in [5.41, 5.74) is 1.98. The summed E-state index contributed by atoms with van der Waals surface area (Å²) in [6.45, 7) is 9.73. The summed E-state index contributed by atoms with van der Waals surface area (Å²) in [6, 6.07) is 3.88. The average Bonchev–Trinajstić information content (AvgIpc) is 2.71. The van der Waals surface area contributed by atoms with E-state index >= 15 is 0 Å². The number of hydrogen-bond acceptors (Lipinski definition) is 3. The van der Waals surface area contributed by atoms with Gasteiger partial charge in [0.1, 0.15) is 0 Å². The van der Waals surface area contributed by atoms with E-state index in [1.165, 1.54) is 6.42 Å². The number of rotatable bonds is 4. The van der Waals surface area contributed by atoms with Crippen molar-refractivity contribution in [3.05, 3.63) is 29.5 Å². The quantitative estimate of drug-likeness (QED) is 0.874. The minimum Gasteiger partial charge on any atom is -0.386 e. The van der Waals surface area contributed by atoms with Crippen LogP contribution < -0.4 is 5.32 Å². The third kappa shape index (κ3) is 3.87. The number of hydrogen-bond donors (Lipinski definition) is 2. The second kappa shape index (κ2) is 6.13. The van der Waals surface area contributed by atoms with Gasteiger partial charge in [-0.15, -0.1) is 5.10 Å². The monoisotopic (exact) mass is 343 g/mol. The van der Waals surface area contributed by atoms with Gasteiger partial charge >= 0.3 is 0 Å². The maximum Gasteiger partial charge on any atom is 0.226 e. The zero-order chi connectivity index (χ0) is 18.4. The Morgan fingerprint density at radius 2 is 2.00 bits per heavy atom. The van der Waals surface area contributed by atoms with Crippen LogP contribution in [0.1, 0.15) is 77.3 Å². The van der Waals surface area contributed by atoms with E-state index in [1.54, 1.807) is 13.8 Å². The van der Waals surface area contributed by atoms with Gasteiger partial charge in [0, 0.05) is 18.2 Å². The molecule has 1 aliphatic carbocycles. The van der Waals surface area contributed by atoms with Crippen molar-refractivity contribution < 1.29 is 9.90 Å². The van der Waals surface area contributed by atoms with E-state index in [-0.39, 0.29) is 11.3 Å². The molecule has 2 aromatic heterocycles. The number of aromatic nitrogens is 2. The number of pyridine rings is 1. The topological polar surface area (TPSA) is 66.6 Å². The number of nitrogens with one attached hydrogen (secondary N) is 1. The minimum atomic E-state index is -0.904. The number of fused-ring (bicyclic) bond motifs is 1. The van der Waals surface area contributed by atoms with Gasteiger partial charge in [0.25, 0.3) is 0 Å². The fraction of sp³-hybridized carbons (Fsp3) is 0.600. The van der Waals surface area contributed by atoms with Crippen LogP contribution in [0.15, 0.2) is 18.3 Å². The second-order valence-electron chi connectivity index (χ2n) is 8.98. The second-order valence-corrected chi connectivity index (χ2v) is 8.98. The molecule has 2 N–H and O–H groups in total. The molecule has 0 atom stereocenters. The third-order valence-electron chi connectivity index (χ3n) is 4.84. The van der Waals surface area contributed by atoms with Crippen molar-refractivity contribution in [3.63, 3.8) is 0 Å². The first kappa shape index (κ1) is 17.9. The summed E-state index contributed by atoms with van der Waals surface area (Å²) in [4.78, 5) is 12.4. The standard InChI is InChI=1S/C20H29N3O2/c1-19(2,3)12-16(24)21-18-17(13-7-6-8-13)15-11-14(20(4,5)25)9-10-23(15)22-18/h9-11,13,25H,6-8,12H2,1-5H3,(H,21,22,24). The van der Waals surface area contributed by atoms with Gasteiger partial charge in [-0.25, -0.2) is 4.52 Å². The van der Waals surface area contributed by atoms with E-state index < -0.39 is 5.60 Å². The van der Waals surface area contributed by atoms with Crippen LogP contribution >= 0.6 is 0 Å². The Morgan fingerprint density at radius 3 is 2.52 bits per heavy atom. The maximum atomic E-state index is 12.4. The molecule has 1 aliphatic rings. The SMILES string of the molecule is CC(C)(C)CC(=O)Nc1nn2ccc(C(C)(C)O)cc2c1C1CCC1. The van der Waals surface area contributed by atoms with Crippen LogP contribution in [-0.4, -0.2) is 20.6 Å². The van der Waals surface area contributed by atoms with Crippen LogP contribution in [0, 0.1) is 5.41 Å². The Bertz CT molecular complexity index is 790. The summed E-state index contributed by atoms with van der Waals surface area (Å²) in [5, 5.41) is 18.0. The summed E-state index contributed by atoms with van der Waals surface area (Å²) in [5.74, 6) is 1.10. The van der Waals surface area contributed by atoms with Crippen LogP contribution in [0.4, 0.5) is 5.82 Å². The average molecular weight is 343 g/mol. The molecule has 0 radical (unpaired) electrons. The van der Waals surface area contributed by atoms with Crippen LogP contribution in [0.25, 0.3) is 5.52 Å². The molecule has 2 heterocycles. The van der Waals surface area contributed by atoms with Gasteiger partial charge in [0.15, 0.2) is 5.82 Å². The number of anilines is 1. The molecule has 25 heavy (non-hydrogen) atoms. The van der Waals surface area contributed by atoms with E-state index in [0.717, 1.165) is 29.5 Å². The van der Waals surface area contributed by atoms with Gasteiger partial charge < -0.3 is 10.4 Å². The van der Waals surface area contributed by atoms with Crippen LogP contribution in [0.2, 0.25) is 0 Å². The molecule has 0 saturated heterocycles. The van der Waals surface area contributed by atoms with Crippen molar-refractivity contribution in [2.45, 2.75) is 71.8 Å². The van der Waals surface area contributed by atoms with Crippen molar-refractivity contribution in [2.24, 2.45) is 5.41 Å². The fourth-order valence-corrected chi connectivity index (χ4v) is 3.29. The Morgan fingerprint density at radius 1 is 1.32 bits per heavy atom. The molecule has 0 spiro atoms. The highest BCUT2D eigenvalue weighted by atomic mass is 16.3. The first-order valence-electron chi connectivity index (χ1n) is 9.09. The van der Waals surface area contributed by atoms with E-state index in [4.69, 9.17) is 0 Å². The fourth-order valence-electron chi connectivity index (χ4n) is 3.29.